The number of hydrogen-bond acceptors (Lipinski definition) is 6. The maximum atomic E-state index is 12.4. The van der Waals surface area contributed by atoms with Gasteiger partial charge in [-0.05, 0) is 42.3 Å². The number of unbranched alkanes of at least 4 members (excludes halogenated alkanes) is 1. The maximum Gasteiger partial charge on any atom is 0.302 e. The SMILES string of the molecule is CCCCC(=O)Nc1cccc(CN2N=C(c3ccc(OC)c(OC)c3)CSC2=O)c1. The predicted octanol–water partition coefficient (Wildman–Crippen LogP) is 4.91. The van der Waals surface area contributed by atoms with E-state index in [9.17, 15) is 9.59 Å². The highest BCUT2D eigenvalue weighted by atomic mass is 32.2. The second-order valence-corrected chi connectivity index (χ2v) is 8.01. The topological polar surface area (TPSA) is 80.2 Å². The third-order valence-electron chi connectivity index (χ3n) is 4.80. The number of methoxy groups -OCH3 is 2. The van der Waals surface area contributed by atoms with Gasteiger partial charge in [-0.3, -0.25) is 9.59 Å². The van der Waals surface area contributed by atoms with Crippen molar-refractivity contribution in [3.05, 3.63) is 53.6 Å². The Kier molecular flexibility index (Phi) is 7.94. The summed E-state index contributed by atoms with van der Waals surface area (Å²) >= 11 is 1.21. The molecule has 7 nitrogen and oxygen atoms in total. The van der Waals surface area contributed by atoms with Crippen LogP contribution in [0.3, 0.4) is 0 Å². The van der Waals surface area contributed by atoms with E-state index in [0.717, 1.165) is 35.4 Å². The van der Waals surface area contributed by atoms with Gasteiger partial charge in [-0.2, -0.15) is 5.10 Å². The zero-order chi connectivity index (χ0) is 22.2. The Morgan fingerprint density at radius 3 is 2.71 bits per heavy atom. The third-order valence-corrected chi connectivity index (χ3v) is 5.68. The lowest BCUT2D eigenvalue weighted by molar-refractivity contribution is -0.116. The van der Waals surface area contributed by atoms with E-state index in [1.807, 2.05) is 42.5 Å². The molecule has 0 aliphatic carbocycles. The molecule has 2 aromatic carbocycles. The van der Waals surface area contributed by atoms with E-state index in [-0.39, 0.29) is 11.1 Å². The molecule has 0 radical (unpaired) electrons. The zero-order valence-electron chi connectivity index (χ0n) is 18.0. The molecule has 31 heavy (non-hydrogen) atoms. The molecule has 0 fully saturated rings. The van der Waals surface area contributed by atoms with Gasteiger partial charge in [0.15, 0.2) is 11.5 Å². The number of hydrogen-bond donors (Lipinski definition) is 1. The van der Waals surface area contributed by atoms with Gasteiger partial charge in [0.2, 0.25) is 5.91 Å². The molecule has 2 aromatic rings. The molecular formula is C23H27N3O4S. The number of nitrogens with zero attached hydrogens (tertiary/aromatic N) is 2. The fraction of sp³-hybridized carbons (Fsp3) is 0.348. The highest BCUT2D eigenvalue weighted by Crippen LogP contribution is 2.30. The first-order valence-electron chi connectivity index (χ1n) is 10.2. The lowest BCUT2D eigenvalue weighted by atomic mass is 10.1. The summed E-state index contributed by atoms with van der Waals surface area (Å²) in [6, 6.07) is 13.1. The summed E-state index contributed by atoms with van der Waals surface area (Å²) in [5.74, 6) is 1.74. The van der Waals surface area contributed by atoms with Crippen molar-refractivity contribution in [1.82, 2.24) is 5.01 Å². The summed E-state index contributed by atoms with van der Waals surface area (Å²) < 4.78 is 10.7. The Balaban J connectivity index is 1.76. The van der Waals surface area contributed by atoms with E-state index in [0.29, 0.717) is 30.2 Å². The Bertz CT molecular complexity index is 977. The predicted molar refractivity (Wildman–Crippen MR) is 124 cm³/mol. The van der Waals surface area contributed by atoms with Gasteiger partial charge >= 0.3 is 5.24 Å². The second-order valence-electron chi connectivity index (χ2n) is 7.08. The van der Waals surface area contributed by atoms with Crippen molar-refractivity contribution in [3.63, 3.8) is 0 Å². The minimum Gasteiger partial charge on any atom is -0.493 e. The first-order chi connectivity index (χ1) is 15.0. The number of rotatable bonds is 9. The normalized spacial score (nSPS) is 13.6. The van der Waals surface area contributed by atoms with Gasteiger partial charge in [-0.15, -0.1) is 0 Å². The fourth-order valence-corrected chi connectivity index (χ4v) is 3.90. The van der Waals surface area contributed by atoms with Gasteiger partial charge in [-0.1, -0.05) is 37.2 Å². The van der Waals surface area contributed by atoms with Crippen molar-refractivity contribution in [3.8, 4) is 11.5 Å². The van der Waals surface area contributed by atoms with Gasteiger partial charge in [0, 0.05) is 23.4 Å². The molecule has 0 unspecified atom stereocenters. The number of carbonyl (C=O) groups excluding carboxylic acids is 2. The van der Waals surface area contributed by atoms with Crippen molar-refractivity contribution in [1.29, 1.82) is 0 Å². The van der Waals surface area contributed by atoms with E-state index in [1.54, 1.807) is 14.2 Å². The molecule has 164 valence electrons. The zero-order valence-corrected chi connectivity index (χ0v) is 18.8. The number of carbonyl (C=O) groups is 2. The number of thioether (sulfide) groups is 1. The van der Waals surface area contributed by atoms with Crippen molar-refractivity contribution in [2.75, 3.05) is 25.3 Å². The van der Waals surface area contributed by atoms with Gasteiger partial charge in [0.25, 0.3) is 0 Å². The monoisotopic (exact) mass is 441 g/mol. The number of ether oxygens (including phenoxy) is 2. The van der Waals surface area contributed by atoms with Crippen LogP contribution in [0.15, 0.2) is 47.6 Å². The quantitative estimate of drug-likeness (QED) is 0.598. The maximum absolute atomic E-state index is 12.4. The average Bonchev–Trinajstić information content (AvgIpc) is 2.79. The number of hydrazone groups is 1. The Morgan fingerprint density at radius 2 is 1.97 bits per heavy atom. The van der Waals surface area contributed by atoms with Crippen LogP contribution in [0.25, 0.3) is 0 Å². The summed E-state index contributed by atoms with van der Waals surface area (Å²) in [5.41, 5.74) is 3.27. The first-order valence-corrected chi connectivity index (χ1v) is 11.2. The fourth-order valence-electron chi connectivity index (χ4n) is 3.16. The van der Waals surface area contributed by atoms with E-state index in [4.69, 9.17) is 9.47 Å². The summed E-state index contributed by atoms with van der Waals surface area (Å²) in [6.07, 6.45) is 2.34. The van der Waals surface area contributed by atoms with Crippen molar-refractivity contribution >= 4 is 34.3 Å². The van der Waals surface area contributed by atoms with Crippen LogP contribution in [0, 0.1) is 0 Å². The van der Waals surface area contributed by atoms with Crippen LogP contribution in [0.4, 0.5) is 10.5 Å². The largest absolute Gasteiger partial charge is 0.493 e. The molecule has 1 aliphatic heterocycles. The number of nitrogens with one attached hydrogen (secondary N) is 1. The van der Waals surface area contributed by atoms with Gasteiger partial charge in [-0.25, -0.2) is 5.01 Å². The van der Waals surface area contributed by atoms with E-state index >= 15 is 0 Å². The average molecular weight is 442 g/mol. The minimum absolute atomic E-state index is 0.00244. The summed E-state index contributed by atoms with van der Waals surface area (Å²) in [5, 5.41) is 8.85. The molecule has 0 bridgehead atoms. The first kappa shape index (κ1) is 22.7. The Hall–Kier alpha value is -3.00. The van der Waals surface area contributed by atoms with E-state index in [1.165, 1.54) is 16.8 Å². The highest BCUT2D eigenvalue weighted by Gasteiger charge is 2.23. The molecule has 0 spiro atoms. The van der Waals surface area contributed by atoms with Crippen LogP contribution in [0.2, 0.25) is 0 Å². The molecule has 8 heteroatoms. The summed E-state index contributed by atoms with van der Waals surface area (Å²) in [6.45, 7) is 2.37. The van der Waals surface area contributed by atoms with Crippen LogP contribution in [0.5, 0.6) is 11.5 Å². The minimum atomic E-state index is -0.110. The molecule has 0 saturated heterocycles. The highest BCUT2D eigenvalue weighted by molar-refractivity contribution is 8.14. The molecule has 1 heterocycles. The van der Waals surface area contributed by atoms with Gasteiger partial charge in [0.05, 0.1) is 26.5 Å². The van der Waals surface area contributed by atoms with Crippen LogP contribution >= 0.6 is 11.8 Å². The van der Waals surface area contributed by atoms with Crippen LogP contribution < -0.4 is 14.8 Å². The molecule has 2 amide bonds. The number of benzene rings is 2. The van der Waals surface area contributed by atoms with E-state index in [2.05, 4.69) is 17.3 Å². The van der Waals surface area contributed by atoms with Crippen LogP contribution in [-0.2, 0) is 11.3 Å². The summed E-state index contributed by atoms with van der Waals surface area (Å²) in [4.78, 5) is 24.4. The Morgan fingerprint density at radius 1 is 1.16 bits per heavy atom. The lowest BCUT2D eigenvalue weighted by Gasteiger charge is -2.23. The smallest absolute Gasteiger partial charge is 0.302 e. The second kappa shape index (κ2) is 10.9. The summed E-state index contributed by atoms with van der Waals surface area (Å²) in [7, 11) is 3.18. The van der Waals surface area contributed by atoms with Gasteiger partial charge in [0.1, 0.15) is 0 Å². The molecule has 1 aliphatic rings. The molecule has 0 aromatic heterocycles. The standard InChI is InChI=1S/C23H27N3O4S/c1-4-5-9-22(27)24-18-8-6-7-16(12-18)14-26-23(28)31-15-19(25-26)17-10-11-20(29-2)21(13-17)30-3/h6-8,10-13H,4-5,9,14-15H2,1-3H3,(H,24,27). The lowest BCUT2D eigenvalue weighted by Crippen LogP contribution is -2.29. The molecular weight excluding hydrogens is 414 g/mol. The van der Waals surface area contributed by atoms with Crippen molar-refractivity contribution in [2.45, 2.75) is 32.7 Å². The van der Waals surface area contributed by atoms with Crippen molar-refractivity contribution in [2.24, 2.45) is 5.10 Å². The van der Waals surface area contributed by atoms with E-state index < -0.39 is 0 Å². The van der Waals surface area contributed by atoms with Crippen molar-refractivity contribution < 1.29 is 19.1 Å². The Labute approximate surface area is 186 Å². The number of amides is 2. The molecule has 0 saturated carbocycles. The van der Waals surface area contributed by atoms with Gasteiger partial charge < -0.3 is 14.8 Å². The molecule has 0 atom stereocenters. The number of anilines is 1. The molecule has 1 N–H and O–H groups in total. The van der Waals surface area contributed by atoms with Crippen LogP contribution in [-0.4, -0.2) is 41.8 Å². The van der Waals surface area contributed by atoms with Crippen LogP contribution in [0.1, 0.15) is 37.3 Å². The third kappa shape index (κ3) is 6.01. The molecule has 3 rings (SSSR count).